The van der Waals surface area contributed by atoms with Gasteiger partial charge in [-0.1, -0.05) is 19.3 Å². The summed E-state index contributed by atoms with van der Waals surface area (Å²) in [5, 5.41) is 14.6. The monoisotopic (exact) mass is 468 g/mol. The van der Waals surface area contributed by atoms with E-state index in [0.717, 1.165) is 12.6 Å². The number of allylic oxidation sites excluding steroid dienone is 1. The van der Waals surface area contributed by atoms with E-state index in [0.29, 0.717) is 22.6 Å². The molecule has 5 rings (SSSR count). The Balaban J connectivity index is 0.000000157. The van der Waals surface area contributed by atoms with Crippen molar-refractivity contribution in [2.75, 3.05) is 19.0 Å². The summed E-state index contributed by atoms with van der Waals surface area (Å²) in [4.78, 5) is 18.8. The zero-order valence-electron chi connectivity index (χ0n) is 18.5. The van der Waals surface area contributed by atoms with E-state index in [1.54, 1.807) is 30.3 Å². The minimum atomic E-state index is -1.14. The number of hydrogen-bond donors (Lipinski definition) is 4. The van der Waals surface area contributed by atoms with Crippen LogP contribution in [0.25, 0.3) is 11.0 Å². The largest absolute Gasteiger partial charge is 0.481 e. The molecule has 3 aliphatic rings. The molecule has 2 aromatic rings. The number of amides is 1. The molecule has 0 aromatic carbocycles. The fourth-order valence-electron chi connectivity index (χ4n) is 3.90. The average molecular weight is 469 g/mol. The van der Waals surface area contributed by atoms with Gasteiger partial charge in [-0.3, -0.25) is 14.6 Å². The summed E-state index contributed by atoms with van der Waals surface area (Å²) >= 11 is 1.61. The van der Waals surface area contributed by atoms with Crippen LogP contribution in [0.5, 0.6) is 5.88 Å². The van der Waals surface area contributed by atoms with Crippen molar-refractivity contribution in [3.8, 4) is 5.88 Å². The molecular formula is C23H28N6O3S. The number of hydrogen-bond acceptors (Lipinski definition) is 8. The van der Waals surface area contributed by atoms with Crippen molar-refractivity contribution in [3.05, 3.63) is 60.2 Å². The summed E-state index contributed by atoms with van der Waals surface area (Å²) in [5.41, 5.74) is 4.08. The SMILES string of the molecule is C1=CN2SNC=C2C=C1CNC1CCCCC1.COc1ccc2nccc(NC(=O)O)c2n1. The number of rotatable bonds is 5. The van der Waals surface area contributed by atoms with Crippen LogP contribution in [0, 0.1) is 0 Å². The van der Waals surface area contributed by atoms with Crippen molar-refractivity contribution in [2.24, 2.45) is 0 Å². The maximum absolute atomic E-state index is 10.6. The first-order chi connectivity index (χ1) is 16.1. The topological polar surface area (TPSA) is 112 Å². The highest BCUT2D eigenvalue weighted by molar-refractivity contribution is 7.95. The first-order valence-electron chi connectivity index (χ1n) is 11.0. The Bertz CT molecular complexity index is 1080. The molecule has 10 heteroatoms. The Morgan fingerprint density at radius 1 is 1.30 bits per heavy atom. The highest BCUT2D eigenvalue weighted by atomic mass is 32.2. The smallest absolute Gasteiger partial charge is 0.409 e. The van der Waals surface area contributed by atoms with Gasteiger partial charge in [0.25, 0.3) is 0 Å². The summed E-state index contributed by atoms with van der Waals surface area (Å²) in [6.45, 7) is 0.997. The lowest BCUT2D eigenvalue weighted by molar-refractivity contribution is 0.210. The summed E-state index contributed by atoms with van der Waals surface area (Å²) in [5.74, 6) is 0.411. The molecule has 174 valence electrons. The lowest BCUT2D eigenvalue weighted by Crippen LogP contribution is -2.32. The van der Waals surface area contributed by atoms with Gasteiger partial charge in [0.2, 0.25) is 5.88 Å². The van der Waals surface area contributed by atoms with Crippen LogP contribution in [0.1, 0.15) is 32.1 Å². The molecule has 2 aliphatic heterocycles. The van der Waals surface area contributed by atoms with E-state index in [1.807, 2.05) is 0 Å². The third-order valence-corrected chi connectivity index (χ3v) is 6.33. The van der Waals surface area contributed by atoms with Gasteiger partial charge >= 0.3 is 6.09 Å². The van der Waals surface area contributed by atoms with Gasteiger partial charge in [-0.2, -0.15) is 0 Å². The van der Waals surface area contributed by atoms with Crippen LogP contribution in [0.2, 0.25) is 0 Å². The zero-order valence-corrected chi connectivity index (χ0v) is 19.3. The van der Waals surface area contributed by atoms with Gasteiger partial charge in [0.05, 0.1) is 36.1 Å². The highest BCUT2D eigenvalue weighted by Crippen LogP contribution is 2.27. The van der Waals surface area contributed by atoms with E-state index in [2.05, 4.69) is 54.2 Å². The molecule has 4 N–H and O–H groups in total. The first-order valence-corrected chi connectivity index (χ1v) is 11.7. The minimum absolute atomic E-state index is 0.386. The molecule has 0 bridgehead atoms. The number of ether oxygens (including phenoxy) is 1. The normalized spacial score (nSPS) is 17.3. The Morgan fingerprint density at radius 2 is 2.15 bits per heavy atom. The summed E-state index contributed by atoms with van der Waals surface area (Å²) in [7, 11) is 1.49. The Morgan fingerprint density at radius 3 is 2.94 bits per heavy atom. The molecule has 1 aliphatic carbocycles. The molecule has 4 heterocycles. The molecule has 0 radical (unpaired) electrons. The lowest BCUT2D eigenvalue weighted by Gasteiger charge is -2.24. The molecule has 0 atom stereocenters. The molecular weight excluding hydrogens is 440 g/mol. The zero-order chi connectivity index (χ0) is 23.0. The van der Waals surface area contributed by atoms with Crippen molar-refractivity contribution in [3.63, 3.8) is 0 Å². The van der Waals surface area contributed by atoms with Crippen LogP contribution in [0.15, 0.2) is 60.2 Å². The molecule has 33 heavy (non-hydrogen) atoms. The van der Waals surface area contributed by atoms with E-state index in [-0.39, 0.29) is 0 Å². The van der Waals surface area contributed by atoms with Crippen molar-refractivity contribution in [2.45, 2.75) is 38.1 Å². The van der Waals surface area contributed by atoms with Gasteiger partial charge < -0.3 is 19.9 Å². The van der Waals surface area contributed by atoms with E-state index in [9.17, 15) is 4.79 Å². The average Bonchev–Trinajstić information content (AvgIpc) is 3.31. The van der Waals surface area contributed by atoms with Crippen molar-refractivity contribution < 1.29 is 14.6 Å². The fourth-order valence-corrected chi connectivity index (χ4v) is 4.52. The number of methoxy groups -OCH3 is 1. The third kappa shape index (κ3) is 6.17. The van der Waals surface area contributed by atoms with E-state index in [1.165, 1.54) is 56.7 Å². The number of carbonyl (C=O) groups is 1. The number of carboxylic acid groups (broad SMARTS) is 1. The van der Waals surface area contributed by atoms with Crippen LogP contribution >= 0.6 is 12.1 Å². The molecule has 9 nitrogen and oxygen atoms in total. The number of fused-ring (bicyclic) bond motifs is 2. The summed E-state index contributed by atoms with van der Waals surface area (Å²) < 4.78 is 10.3. The van der Waals surface area contributed by atoms with E-state index in [4.69, 9.17) is 9.84 Å². The first kappa shape index (κ1) is 22.9. The van der Waals surface area contributed by atoms with Gasteiger partial charge in [0, 0.05) is 37.2 Å². The maximum Gasteiger partial charge on any atom is 0.409 e. The fraction of sp³-hybridized carbons (Fsp3) is 0.348. The van der Waals surface area contributed by atoms with Crippen molar-refractivity contribution in [1.29, 1.82) is 0 Å². The lowest BCUT2D eigenvalue weighted by atomic mass is 9.95. The molecule has 0 spiro atoms. The second-order valence-electron chi connectivity index (χ2n) is 7.86. The second-order valence-corrected chi connectivity index (χ2v) is 8.68. The number of aromatic nitrogens is 2. The Labute approximate surface area is 197 Å². The Kier molecular flexibility index (Phi) is 7.69. The highest BCUT2D eigenvalue weighted by Gasteiger charge is 2.17. The van der Waals surface area contributed by atoms with Crippen molar-refractivity contribution >= 4 is 34.9 Å². The minimum Gasteiger partial charge on any atom is -0.481 e. The second kappa shape index (κ2) is 11.1. The maximum atomic E-state index is 10.6. The number of nitrogens with zero attached hydrogens (tertiary/aromatic N) is 3. The molecule has 1 fully saturated rings. The standard InChI is InChI=1S/C13H19N3S.C10H9N3O3/c1-2-4-12(5-3-1)14-9-11-6-7-16-13(8-11)10-15-17-16;1-16-8-3-2-6-9(13-8)7(4-5-11-6)12-10(14)15/h6-8,10,12,14-15H,1-5,9H2;2-5H,1H3,(H,11,12)(H,14,15). The van der Waals surface area contributed by atoms with E-state index >= 15 is 0 Å². The van der Waals surface area contributed by atoms with Gasteiger partial charge in [0.1, 0.15) is 5.52 Å². The van der Waals surface area contributed by atoms with E-state index < -0.39 is 6.09 Å². The molecule has 1 saturated carbocycles. The quantitative estimate of drug-likeness (QED) is 0.474. The van der Waals surface area contributed by atoms with Crippen LogP contribution in [-0.4, -0.2) is 45.2 Å². The van der Waals surface area contributed by atoms with Gasteiger partial charge in [-0.05, 0) is 42.7 Å². The van der Waals surface area contributed by atoms with Crippen LogP contribution < -0.4 is 20.1 Å². The van der Waals surface area contributed by atoms with Gasteiger partial charge in [0.15, 0.2) is 0 Å². The third-order valence-electron chi connectivity index (χ3n) is 5.58. The number of nitrogens with one attached hydrogen (secondary N) is 3. The van der Waals surface area contributed by atoms with Crippen LogP contribution in [0.3, 0.4) is 0 Å². The number of pyridine rings is 2. The predicted octanol–water partition coefficient (Wildman–Crippen LogP) is 4.40. The number of anilines is 1. The molecule has 0 saturated heterocycles. The summed E-state index contributed by atoms with van der Waals surface area (Å²) in [6.07, 6.45) is 15.9. The molecule has 2 aromatic heterocycles. The molecule has 1 amide bonds. The van der Waals surface area contributed by atoms with Crippen LogP contribution in [0.4, 0.5) is 10.5 Å². The van der Waals surface area contributed by atoms with Crippen molar-refractivity contribution in [1.82, 2.24) is 24.3 Å². The summed E-state index contributed by atoms with van der Waals surface area (Å²) in [6, 6.07) is 5.66. The molecule has 0 unspecified atom stereocenters. The predicted molar refractivity (Wildman–Crippen MR) is 130 cm³/mol. The van der Waals surface area contributed by atoms with Crippen LogP contribution in [-0.2, 0) is 0 Å². The van der Waals surface area contributed by atoms with Gasteiger partial charge in [-0.15, -0.1) is 0 Å². The van der Waals surface area contributed by atoms with Gasteiger partial charge in [-0.25, -0.2) is 9.78 Å². The Hall–Kier alpha value is -3.24.